The summed E-state index contributed by atoms with van der Waals surface area (Å²) in [5.41, 5.74) is 0.592. The molecule has 0 spiro atoms. The van der Waals surface area contributed by atoms with E-state index in [1.54, 1.807) is 12.1 Å². The van der Waals surface area contributed by atoms with E-state index < -0.39 is 9.84 Å². The molecule has 0 unspecified atom stereocenters. The summed E-state index contributed by atoms with van der Waals surface area (Å²) in [6.45, 7) is 4.79. The number of nitrogens with zero attached hydrogens (tertiary/aromatic N) is 1. The van der Waals surface area contributed by atoms with Gasteiger partial charge in [-0.1, -0.05) is 0 Å². The van der Waals surface area contributed by atoms with Gasteiger partial charge >= 0.3 is 0 Å². The number of rotatable bonds is 5. The van der Waals surface area contributed by atoms with E-state index in [0.29, 0.717) is 25.4 Å². The highest BCUT2D eigenvalue weighted by molar-refractivity contribution is 7.91. The fourth-order valence-electron chi connectivity index (χ4n) is 2.14. The lowest BCUT2D eigenvalue weighted by molar-refractivity contribution is -0.114. The van der Waals surface area contributed by atoms with Crippen molar-refractivity contribution in [1.82, 2.24) is 4.90 Å². The molecule has 1 saturated heterocycles. The van der Waals surface area contributed by atoms with Crippen molar-refractivity contribution in [3.63, 3.8) is 0 Å². The Labute approximate surface area is 125 Å². The molecule has 2 rings (SSSR count). The van der Waals surface area contributed by atoms with Gasteiger partial charge in [-0.2, -0.15) is 0 Å². The van der Waals surface area contributed by atoms with Gasteiger partial charge in [-0.05, 0) is 24.3 Å². The number of ether oxygens (including phenoxy) is 1. The van der Waals surface area contributed by atoms with Crippen LogP contribution in [0.5, 0.6) is 0 Å². The number of sulfone groups is 1. The van der Waals surface area contributed by atoms with Crippen LogP contribution in [0.3, 0.4) is 0 Å². The zero-order valence-corrected chi connectivity index (χ0v) is 12.9. The Bertz CT molecular complexity index is 577. The molecule has 1 heterocycles. The van der Waals surface area contributed by atoms with Crippen LogP contribution in [0.2, 0.25) is 0 Å². The van der Waals surface area contributed by atoms with E-state index in [0.717, 1.165) is 13.1 Å². The first-order valence-electron chi connectivity index (χ1n) is 6.88. The molecule has 0 bridgehead atoms. The maximum Gasteiger partial charge on any atom is 0.221 e. The van der Waals surface area contributed by atoms with Crippen LogP contribution in [-0.4, -0.2) is 57.8 Å². The van der Waals surface area contributed by atoms with Crippen LogP contribution in [0.1, 0.15) is 6.92 Å². The molecule has 1 aromatic carbocycles. The van der Waals surface area contributed by atoms with Gasteiger partial charge in [0.15, 0.2) is 9.84 Å². The van der Waals surface area contributed by atoms with Gasteiger partial charge in [-0.15, -0.1) is 0 Å². The van der Waals surface area contributed by atoms with Gasteiger partial charge in [-0.3, -0.25) is 9.69 Å². The Morgan fingerprint density at radius 1 is 1.24 bits per heavy atom. The number of carbonyl (C=O) groups excluding carboxylic acids is 1. The molecule has 1 fully saturated rings. The van der Waals surface area contributed by atoms with Crippen LogP contribution < -0.4 is 5.32 Å². The van der Waals surface area contributed by atoms with Gasteiger partial charge in [0.2, 0.25) is 5.91 Å². The minimum atomic E-state index is -3.30. The second-order valence-corrected chi connectivity index (χ2v) is 7.09. The summed E-state index contributed by atoms with van der Waals surface area (Å²) in [7, 11) is -3.30. The highest BCUT2D eigenvalue weighted by atomic mass is 32.2. The third kappa shape index (κ3) is 4.80. The van der Waals surface area contributed by atoms with Crippen molar-refractivity contribution in [2.45, 2.75) is 11.8 Å². The maximum atomic E-state index is 12.3. The lowest BCUT2D eigenvalue weighted by Gasteiger charge is -2.26. The summed E-state index contributed by atoms with van der Waals surface area (Å²) in [6.07, 6.45) is 0. The molecule has 0 radical (unpaired) electrons. The van der Waals surface area contributed by atoms with Gasteiger partial charge in [0.05, 0.1) is 23.9 Å². The SMILES string of the molecule is CC(=O)Nc1ccc(S(=O)(=O)CCN2CCOCC2)cc1. The summed E-state index contributed by atoms with van der Waals surface area (Å²) < 4.78 is 29.8. The molecule has 1 N–H and O–H groups in total. The predicted octanol–water partition coefficient (Wildman–Crippen LogP) is 0.751. The van der Waals surface area contributed by atoms with Gasteiger partial charge in [0, 0.05) is 32.2 Å². The molecule has 7 heteroatoms. The van der Waals surface area contributed by atoms with Gasteiger partial charge in [0.1, 0.15) is 0 Å². The van der Waals surface area contributed by atoms with Gasteiger partial charge in [-0.25, -0.2) is 8.42 Å². The van der Waals surface area contributed by atoms with E-state index in [1.807, 2.05) is 0 Å². The fraction of sp³-hybridized carbons (Fsp3) is 0.500. The molecule has 21 heavy (non-hydrogen) atoms. The zero-order valence-electron chi connectivity index (χ0n) is 12.0. The molecule has 0 aliphatic carbocycles. The van der Waals surface area contributed by atoms with Crippen LogP contribution in [0.4, 0.5) is 5.69 Å². The monoisotopic (exact) mass is 312 g/mol. The van der Waals surface area contributed by atoms with Gasteiger partial charge in [0.25, 0.3) is 0 Å². The number of anilines is 1. The van der Waals surface area contributed by atoms with E-state index in [-0.39, 0.29) is 16.6 Å². The van der Waals surface area contributed by atoms with Crippen molar-refractivity contribution in [3.8, 4) is 0 Å². The predicted molar refractivity (Wildman–Crippen MR) is 80.1 cm³/mol. The first kappa shape index (κ1) is 15.9. The van der Waals surface area contributed by atoms with Crippen LogP contribution in [-0.2, 0) is 19.4 Å². The summed E-state index contributed by atoms with van der Waals surface area (Å²) in [5, 5.41) is 2.61. The van der Waals surface area contributed by atoms with E-state index in [4.69, 9.17) is 4.74 Å². The quantitative estimate of drug-likeness (QED) is 0.868. The molecule has 116 valence electrons. The minimum absolute atomic E-state index is 0.0898. The molecule has 0 atom stereocenters. The standard InChI is InChI=1S/C14H20N2O4S/c1-12(17)15-13-2-4-14(5-3-13)21(18,19)11-8-16-6-9-20-10-7-16/h2-5H,6-11H2,1H3,(H,15,17). The summed E-state index contributed by atoms with van der Waals surface area (Å²) in [6, 6.07) is 6.26. The lowest BCUT2D eigenvalue weighted by atomic mass is 10.3. The number of nitrogens with one attached hydrogen (secondary N) is 1. The molecule has 1 aliphatic heterocycles. The van der Waals surface area contributed by atoms with Crippen LogP contribution in [0.15, 0.2) is 29.2 Å². The third-order valence-corrected chi connectivity index (χ3v) is 5.02. The molecule has 6 nitrogen and oxygen atoms in total. The summed E-state index contributed by atoms with van der Waals surface area (Å²) in [4.78, 5) is 13.3. The smallest absolute Gasteiger partial charge is 0.221 e. The summed E-state index contributed by atoms with van der Waals surface area (Å²) >= 11 is 0. The molecule has 0 aromatic heterocycles. The Morgan fingerprint density at radius 2 is 1.86 bits per heavy atom. The average molecular weight is 312 g/mol. The van der Waals surface area contributed by atoms with Crippen LogP contribution in [0, 0.1) is 0 Å². The number of carbonyl (C=O) groups is 1. The van der Waals surface area contributed by atoms with Crippen molar-refractivity contribution in [1.29, 1.82) is 0 Å². The zero-order chi connectivity index (χ0) is 15.3. The molecular weight excluding hydrogens is 292 g/mol. The number of hydrogen-bond acceptors (Lipinski definition) is 5. The van der Waals surface area contributed by atoms with Crippen molar-refractivity contribution >= 4 is 21.4 Å². The van der Waals surface area contributed by atoms with E-state index >= 15 is 0 Å². The lowest BCUT2D eigenvalue weighted by Crippen LogP contribution is -2.39. The summed E-state index contributed by atoms with van der Waals surface area (Å²) in [5.74, 6) is -0.0927. The van der Waals surface area contributed by atoms with E-state index in [2.05, 4.69) is 10.2 Å². The van der Waals surface area contributed by atoms with Crippen LogP contribution >= 0.6 is 0 Å². The number of hydrogen-bond donors (Lipinski definition) is 1. The molecule has 1 amide bonds. The van der Waals surface area contributed by atoms with Crippen molar-refractivity contribution in [2.75, 3.05) is 43.9 Å². The van der Waals surface area contributed by atoms with Crippen molar-refractivity contribution in [3.05, 3.63) is 24.3 Å². The third-order valence-electron chi connectivity index (χ3n) is 3.31. The van der Waals surface area contributed by atoms with Gasteiger partial charge < -0.3 is 10.1 Å². The first-order chi connectivity index (χ1) is 9.97. The fourth-order valence-corrected chi connectivity index (χ4v) is 3.43. The Kier molecular flexibility index (Phi) is 5.33. The highest BCUT2D eigenvalue weighted by Crippen LogP contribution is 2.15. The number of morpholine rings is 1. The Balaban J connectivity index is 1.96. The average Bonchev–Trinajstić information content (AvgIpc) is 2.46. The molecular formula is C14H20N2O4S. The Morgan fingerprint density at radius 3 is 2.43 bits per heavy atom. The molecule has 1 aromatic rings. The van der Waals surface area contributed by atoms with Crippen LogP contribution in [0.25, 0.3) is 0 Å². The number of benzene rings is 1. The second kappa shape index (κ2) is 7.02. The molecule has 0 saturated carbocycles. The molecule has 1 aliphatic rings. The second-order valence-electron chi connectivity index (χ2n) is 4.98. The minimum Gasteiger partial charge on any atom is -0.379 e. The topological polar surface area (TPSA) is 75.7 Å². The Hall–Kier alpha value is -1.44. The number of amides is 1. The highest BCUT2D eigenvalue weighted by Gasteiger charge is 2.18. The first-order valence-corrected chi connectivity index (χ1v) is 8.53. The maximum absolute atomic E-state index is 12.3. The largest absolute Gasteiger partial charge is 0.379 e. The van der Waals surface area contributed by atoms with E-state index in [1.165, 1.54) is 19.1 Å². The van der Waals surface area contributed by atoms with E-state index in [9.17, 15) is 13.2 Å². The van der Waals surface area contributed by atoms with Crippen molar-refractivity contribution in [2.24, 2.45) is 0 Å². The van der Waals surface area contributed by atoms with Crippen molar-refractivity contribution < 1.29 is 17.9 Å². The normalized spacial score (nSPS) is 16.6.